The number of hydrogen-bond acceptors (Lipinski definition) is 5. The van der Waals surface area contributed by atoms with Crippen LogP contribution in [0.1, 0.15) is 18.4 Å². The lowest BCUT2D eigenvalue weighted by molar-refractivity contribution is -0.123. The average molecular weight is 402 g/mol. The van der Waals surface area contributed by atoms with Gasteiger partial charge in [0.2, 0.25) is 0 Å². The predicted molar refractivity (Wildman–Crippen MR) is 87.8 cm³/mol. The molecule has 1 atom stereocenters. The number of aliphatic hydroxyl groups is 1. The van der Waals surface area contributed by atoms with Gasteiger partial charge in [-0.15, -0.1) is 0 Å². The Morgan fingerprint density at radius 1 is 1.33 bits per heavy atom. The van der Waals surface area contributed by atoms with E-state index in [4.69, 9.17) is 9.84 Å². The molecule has 1 fully saturated rings. The van der Waals surface area contributed by atoms with Crippen molar-refractivity contribution < 1.29 is 28.9 Å². The van der Waals surface area contributed by atoms with E-state index in [0.717, 1.165) is 17.0 Å². The number of halogens is 2. The number of alkyl halides is 1. The molecule has 0 saturated carbocycles. The van der Waals surface area contributed by atoms with Crippen LogP contribution in [0.3, 0.4) is 0 Å². The number of cyclic esters (lactones) is 1. The number of phenolic OH excluding ortho intramolecular Hbond substituents is 1. The van der Waals surface area contributed by atoms with E-state index in [0.29, 0.717) is 23.7 Å². The Labute approximate surface area is 146 Å². The molecule has 1 aromatic carbocycles. The van der Waals surface area contributed by atoms with Crippen LogP contribution in [0.5, 0.6) is 5.75 Å². The highest BCUT2D eigenvalue weighted by Crippen LogP contribution is 2.24. The van der Waals surface area contributed by atoms with Gasteiger partial charge in [0.25, 0.3) is 5.91 Å². The molecule has 0 aliphatic carbocycles. The molecule has 2 rings (SSSR count). The fourth-order valence-corrected chi connectivity index (χ4v) is 3.00. The predicted octanol–water partition coefficient (Wildman–Crippen LogP) is 2.63. The minimum absolute atomic E-state index is 0.0354. The third-order valence-corrected chi connectivity index (χ3v) is 4.09. The third-order valence-electron chi connectivity index (χ3n) is 3.64. The van der Waals surface area contributed by atoms with Gasteiger partial charge in [-0.1, -0.05) is 22.0 Å². The number of nitrogens with zero attached hydrogens (tertiary/aromatic N) is 1. The van der Waals surface area contributed by atoms with Crippen molar-refractivity contribution in [3.05, 3.63) is 35.3 Å². The first-order valence-electron chi connectivity index (χ1n) is 7.37. The molecule has 6 nitrogen and oxygen atoms in total. The summed E-state index contributed by atoms with van der Waals surface area (Å²) in [6.07, 6.45) is 1.65. The summed E-state index contributed by atoms with van der Waals surface area (Å²) in [4.78, 5) is 25.2. The monoisotopic (exact) mass is 401 g/mol. The summed E-state index contributed by atoms with van der Waals surface area (Å²) < 4.78 is 18.0. The van der Waals surface area contributed by atoms with Crippen LogP contribution in [-0.4, -0.2) is 45.6 Å². The topological polar surface area (TPSA) is 87.1 Å². The Bertz CT molecular complexity index is 658. The quantitative estimate of drug-likeness (QED) is 0.541. The van der Waals surface area contributed by atoms with E-state index in [1.54, 1.807) is 0 Å². The molecule has 24 heavy (non-hydrogen) atoms. The molecule has 0 aromatic heterocycles. The van der Waals surface area contributed by atoms with Crippen molar-refractivity contribution in [1.29, 1.82) is 0 Å². The van der Waals surface area contributed by atoms with E-state index < -0.39 is 23.6 Å². The summed E-state index contributed by atoms with van der Waals surface area (Å²) in [7, 11) is 0. The normalized spacial score (nSPS) is 17.5. The first-order valence-corrected chi connectivity index (χ1v) is 8.49. The molecular weight excluding hydrogens is 385 g/mol. The van der Waals surface area contributed by atoms with Crippen molar-refractivity contribution in [1.82, 2.24) is 4.90 Å². The van der Waals surface area contributed by atoms with E-state index in [1.165, 1.54) is 12.1 Å². The SMILES string of the molecule is O=C1O/C(=C\c2ccc(F)c(O)c2)C(=O)N1CC(CCO)CCBr. The van der Waals surface area contributed by atoms with Crippen LogP contribution < -0.4 is 0 Å². The molecule has 2 N–H and O–H groups in total. The molecule has 1 saturated heterocycles. The van der Waals surface area contributed by atoms with Crippen molar-refractivity contribution >= 4 is 34.0 Å². The van der Waals surface area contributed by atoms with Crippen LogP contribution in [-0.2, 0) is 9.53 Å². The minimum atomic E-state index is -0.782. The highest BCUT2D eigenvalue weighted by molar-refractivity contribution is 9.09. The summed E-state index contributed by atoms with van der Waals surface area (Å²) in [5, 5.41) is 19.1. The van der Waals surface area contributed by atoms with Crippen molar-refractivity contribution in [2.75, 3.05) is 18.5 Å². The second-order valence-electron chi connectivity index (χ2n) is 5.36. The van der Waals surface area contributed by atoms with Gasteiger partial charge in [-0.25, -0.2) is 14.1 Å². The summed E-state index contributed by atoms with van der Waals surface area (Å²) in [6, 6.07) is 3.53. The second-order valence-corrected chi connectivity index (χ2v) is 6.15. The molecule has 2 amide bonds. The number of hydrogen-bond donors (Lipinski definition) is 2. The van der Waals surface area contributed by atoms with Gasteiger partial charge < -0.3 is 14.9 Å². The van der Waals surface area contributed by atoms with Crippen molar-refractivity contribution in [3.63, 3.8) is 0 Å². The maximum Gasteiger partial charge on any atom is 0.422 e. The van der Waals surface area contributed by atoms with Crippen molar-refractivity contribution in [3.8, 4) is 5.75 Å². The van der Waals surface area contributed by atoms with Gasteiger partial charge >= 0.3 is 6.09 Å². The number of imide groups is 1. The van der Waals surface area contributed by atoms with E-state index >= 15 is 0 Å². The summed E-state index contributed by atoms with van der Waals surface area (Å²) in [6.45, 7) is 0.113. The second kappa shape index (κ2) is 8.25. The van der Waals surface area contributed by atoms with Crippen LogP contribution in [0.2, 0.25) is 0 Å². The van der Waals surface area contributed by atoms with Gasteiger partial charge in [0, 0.05) is 18.5 Å². The number of benzene rings is 1. The third kappa shape index (κ3) is 4.33. The lowest BCUT2D eigenvalue weighted by Gasteiger charge is -2.18. The minimum Gasteiger partial charge on any atom is -0.505 e. The van der Waals surface area contributed by atoms with Crippen molar-refractivity contribution in [2.24, 2.45) is 5.92 Å². The molecule has 130 valence electrons. The van der Waals surface area contributed by atoms with Gasteiger partial charge in [-0.3, -0.25) is 4.79 Å². The fraction of sp³-hybridized carbons (Fsp3) is 0.375. The van der Waals surface area contributed by atoms with E-state index in [-0.39, 0.29) is 24.8 Å². The zero-order valence-corrected chi connectivity index (χ0v) is 14.3. The molecular formula is C16H17BrFNO5. The zero-order valence-electron chi connectivity index (χ0n) is 12.7. The molecule has 0 spiro atoms. The maximum atomic E-state index is 13.0. The Morgan fingerprint density at radius 3 is 2.71 bits per heavy atom. The number of aromatic hydroxyl groups is 1. The number of carbonyl (C=O) groups excluding carboxylic acids is 2. The standard InChI is InChI=1S/C16H17BrFNO5/c17-5-3-10(4-6-20)9-19-15(22)14(24-16(19)23)8-11-1-2-12(18)13(21)7-11/h1-2,7-8,10,20-21H,3-6,9H2/b14-8-. The summed E-state index contributed by atoms with van der Waals surface area (Å²) in [5.41, 5.74) is 0.333. The maximum absolute atomic E-state index is 13.0. The molecule has 1 aliphatic rings. The number of ether oxygens (including phenoxy) is 1. The van der Waals surface area contributed by atoms with Gasteiger partial charge in [0.15, 0.2) is 17.3 Å². The average Bonchev–Trinajstić information content (AvgIpc) is 2.79. The first-order chi connectivity index (χ1) is 11.5. The zero-order chi connectivity index (χ0) is 17.7. The van der Waals surface area contributed by atoms with E-state index in [1.807, 2.05) is 0 Å². The summed E-state index contributed by atoms with van der Waals surface area (Å²) in [5.74, 6) is -2.16. The van der Waals surface area contributed by atoms with Crippen LogP contribution >= 0.6 is 15.9 Å². The number of rotatable bonds is 7. The smallest absolute Gasteiger partial charge is 0.422 e. The lowest BCUT2D eigenvalue weighted by Crippen LogP contribution is -2.34. The highest BCUT2D eigenvalue weighted by Gasteiger charge is 2.37. The Kier molecular flexibility index (Phi) is 6.33. The van der Waals surface area contributed by atoms with Gasteiger partial charge in [-0.2, -0.15) is 0 Å². The van der Waals surface area contributed by atoms with Crippen LogP contribution in [0.4, 0.5) is 9.18 Å². The van der Waals surface area contributed by atoms with Crippen LogP contribution in [0.15, 0.2) is 24.0 Å². The first kappa shape index (κ1) is 18.4. The molecule has 1 unspecified atom stereocenters. The Hall–Kier alpha value is -1.93. The van der Waals surface area contributed by atoms with E-state index in [2.05, 4.69) is 15.9 Å². The van der Waals surface area contributed by atoms with E-state index in [9.17, 15) is 19.1 Å². The Morgan fingerprint density at radius 2 is 2.08 bits per heavy atom. The number of amides is 2. The van der Waals surface area contributed by atoms with Crippen LogP contribution in [0, 0.1) is 11.7 Å². The van der Waals surface area contributed by atoms with Gasteiger partial charge in [-0.05, 0) is 42.5 Å². The summed E-state index contributed by atoms with van der Waals surface area (Å²) >= 11 is 3.30. The largest absolute Gasteiger partial charge is 0.505 e. The molecule has 1 aliphatic heterocycles. The number of phenols is 1. The lowest BCUT2D eigenvalue weighted by atomic mass is 10.0. The molecule has 1 heterocycles. The highest BCUT2D eigenvalue weighted by atomic mass is 79.9. The fourth-order valence-electron chi connectivity index (χ4n) is 2.35. The van der Waals surface area contributed by atoms with Crippen LogP contribution in [0.25, 0.3) is 6.08 Å². The number of carbonyl (C=O) groups is 2. The molecule has 0 bridgehead atoms. The van der Waals surface area contributed by atoms with Gasteiger partial charge in [0.05, 0.1) is 0 Å². The molecule has 1 aromatic rings. The molecule has 0 radical (unpaired) electrons. The number of aliphatic hydroxyl groups excluding tert-OH is 1. The van der Waals surface area contributed by atoms with Crippen molar-refractivity contribution in [2.45, 2.75) is 12.8 Å². The van der Waals surface area contributed by atoms with Gasteiger partial charge in [0.1, 0.15) is 0 Å². The Balaban J connectivity index is 2.15. The molecule has 8 heteroatoms.